The minimum absolute atomic E-state index is 0.0570. The lowest BCUT2D eigenvalue weighted by Gasteiger charge is -2.18. The first-order chi connectivity index (χ1) is 13.9. The fourth-order valence-electron chi connectivity index (χ4n) is 3.30. The second kappa shape index (κ2) is 7.40. The monoisotopic (exact) mass is 397 g/mol. The first kappa shape index (κ1) is 18.7. The highest BCUT2D eigenvalue weighted by Gasteiger charge is 2.33. The van der Waals surface area contributed by atoms with Crippen LogP contribution in [0.4, 0.5) is 5.95 Å². The number of amides is 1. The number of nitrogens with one attached hydrogen (secondary N) is 2. The molecule has 0 spiro atoms. The van der Waals surface area contributed by atoms with Crippen molar-refractivity contribution >= 4 is 28.9 Å². The van der Waals surface area contributed by atoms with Crippen LogP contribution in [0.3, 0.4) is 0 Å². The van der Waals surface area contributed by atoms with Gasteiger partial charge in [0.25, 0.3) is 11.5 Å². The van der Waals surface area contributed by atoms with Gasteiger partial charge in [0.15, 0.2) is 6.23 Å². The van der Waals surface area contributed by atoms with Gasteiger partial charge in [0.05, 0.1) is 10.9 Å². The number of anilines is 1. The van der Waals surface area contributed by atoms with Gasteiger partial charge >= 0.3 is 5.97 Å². The molecule has 10 heteroatoms. The molecule has 10 nitrogen and oxygen atoms in total. The molecule has 1 aliphatic rings. The second-order valence-corrected chi connectivity index (χ2v) is 6.80. The van der Waals surface area contributed by atoms with Crippen molar-refractivity contribution in [3.63, 3.8) is 0 Å². The number of carbonyl (C=O) groups excluding carboxylic acids is 2. The van der Waals surface area contributed by atoms with Gasteiger partial charge in [-0.15, -0.1) is 5.06 Å². The van der Waals surface area contributed by atoms with Crippen molar-refractivity contribution in [3.8, 4) is 0 Å². The minimum Gasteiger partial charge on any atom is -0.370 e. The van der Waals surface area contributed by atoms with Crippen molar-refractivity contribution in [2.24, 2.45) is 0 Å². The Morgan fingerprint density at radius 3 is 2.72 bits per heavy atom. The van der Waals surface area contributed by atoms with E-state index in [2.05, 4.69) is 15.0 Å². The average Bonchev–Trinajstić information content (AvgIpc) is 3.24. The standard InChI is InChI=1S/C19H19N5O5/c20-19-22-16-15(17(27)23-19)12(9-21-16)6-3-10-1-4-11(5-2-10)18(28)29-24-13(25)7-8-14(24)26/h1-2,4-5,9,13,25H,3,6-8H2,(H4,20,21,22,23,27). The molecule has 3 aromatic rings. The van der Waals surface area contributed by atoms with Crippen LogP contribution in [-0.2, 0) is 22.5 Å². The fourth-order valence-corrected chi connectivity index (χ4v) is 3.30. The van der Waals surface area contributed by atoms with Crippen molar-refractivity contribution in [3.05, 3.63) is 57.5 Å². The molecule has 1 fully saturated rings. The predicted octanol–water partition coefficient (Wildman–Crippen LogP) is 0.631. The van der Waals surface area contributed by atoms with Crippen LogP contribution in [0.1, 0.15) is 34.3 Å². The van der Waals surface area contributed by atoms with E-state index >= 15 is 0 Å². The molecule has 0 bridgehead atoms. The molecule has 0 aliphatic carbocycles. The highest BCUT2D eigenvalue weighted by Crippen LogP contribution is 2.19. The molecule has 1 aliphatic heterocycles. The average molecular weight is 397 g/mol. The zero-order chi connectivity index (χ0) is 20.5. The zero-order valence-corrected chi connectivity index (χ0v) is 15.3. The lowest BCUT2D eigenvalue weighted by atomic mass is 10.0. The van der Waals surface area contributed by atoms with Crippen LogP contribution in [0.2, 0.25) is 0 Å². The third-order valence-corrected chi connectivity index (χ3v) is 4.83. The number of aryl methyl sites for hydroxylation is 2. The summed E-state index contributed by atoms with van der Waals surface area (Å²) in [5.74, 6) is -1.08. The summed E-state index contributed by atoms with van der Waals surface area (Å²) in [5.41, 5.74) is 7.73. The molecule has 1 aromatic carbocycles. The Hall–Kier alpha value is -3.66. The maximum absolute atomic E-state index is 12.2. The Bertz CT molecular complexity index is 1130. The van der Waals surface area contributed by atoms with Crippen molar-refractivity contribution < 1.29 is 19.5 Å². The van der Waals surface area contributed by atoms with Crippen LogP contribution < -0.4 is 11.3 Å². The van der Waals surface area contributed by atoms with Gasteiger partial charge in [-0.05, 0) is 36.1 Å². The van der Waals surface area contributed by atoms with E-state index in [4.69, 9.17) is 10.6 Å². The van der Waals surface area contributed by atoms with Crippen LogP contribution in [0.5, 0.6) is 0 Å². The third-order valence-electron chi connectivity index (χ3n) is 4.83. The molecule has 0 radical (unpaired) electrons. The summed E-state index contributed by atoms with van der Waals surface area (Å²) in [4.78, 5) is 50.4. The molecular formula is C19H19N5O5. The fraction of sp³-hybridized carbons (Fsp3) is 0.263. The van der Waals surface area contributed by atoms with Crippen molar-refractivity contribution in [1.82, 2.24) is 20.0 Å². The molecule has 5 N–H and O–H groups in total. The maximum Gasteiger partial charge on any atom is 0.363 e. The number of aromatic amines is 2. The number of hydrogen-bond acceptors (Lipinski definition) is 7. The Balaban J connectivity index is 1.42. The number of nitrogens with zero attached hydrogens (tertiary/aromatic N) is 2. The summed E-state index contributed by atoms with van der Waals surface area (Å²) in [7, 11) is 0. The molecule has 1 atom stereocenters. The predicted molar refractivity (Wildman–Crippen MR) is 102 cm³/mol. The van der Waals surface area contributed by atoms with Crippen LogP contribution in [0.15, 0.2) is 35.3 Å². The largest absolute Gasteiger partial charge is 0.370 e. The van der Waals surface area contributed by atoms with E-state index in [0.29, 0.717) is 28.9 Å². The first-order valence-electron chi connectivity index (χ1n) is 9.09. The van der Waals surface area contributed by atoms with Crippen LogP contribution >= 0.6 is 0 Å². The van der Waals surface area contributed by atoms with E-state index in [1.807, 2.05) is 0 Å². The number of carbonyl (C=O) groups is 2. The van der Waals surface area contributed by atoms with Crippen molar-refractivity contribution in [2.45, 2.75) is 31.9 Å². The molecule has 4 rings (SSSR count). The Morgan fingerprint density at radius 2 is 2.03 bits per heavy atom. The van der Waals surface area contributed by atoms with E-state index in [1.165, 1.54) is 0 Å². The van der Waals surface area contributed by atoms with E-state index in [0.717, 1.165) is 11.1 Å². The molecule has 1 saturated heterocycles. The van der Waals surface area contributed by atoms with Gasteiger partial charge in [0.1, 0.15) is 5.65 Å². The number of H-pyrrole nitrogens is 2. The Morgan fingerprint density at radius 1 is 1.28 bits per heavy atom. The Labute approximate surface area is 164 Å². The van der Waals surface area contributed by atoms with Gasteiger partial charge in [-0.25, -0.2) is 4.79 Å². The quantitative estimate of drug-likeness (QED) is 0.492. The lowest BCUT2D eigenvalue weighted by molar-refractivity contribution is -0.191. The number of hydroxylamine groups is 2. The lowest BCUT2D eigenvalue weighted by Crippen LogP contribution is -2.35. The van der Waals surface area contributed by atoms with Gasteiger partial charge in [-0.2, -0.15) is 4.98 Å². The number of aliphatic hydroxyl groups is 1. The van der Waals surface area contributed by atoms with E-state index in [9.17, 15) is 19.5 Å². The Kier molecular flexibility index (Phi) is 4.77. The highest BCUT2D eigenvalue weighted by atomic mass is 16.7. The molecule has 1 amide bonds. The molecule has 29 heavy (non-hydrogen) atoms. The zero-order valence-electron chi connectivity index (χ0n) is 15.3. The molecular weight excluding hydrogens is 378 g/mol. The van der Waals surface area contributed by atoms with E-state index in [-0.39, 0.29) is 29.9 Å². The van der Waals surface area contributed by atoms with E-state index in [1.54, 1.807) is 30.5 Å². The van der Waals surface area contributed by atoms with Crippen molar-refractivity contribution in [1.29, 1.82) is 0 Å². The van der Waals surface area contributed by atoms with Gasteiger partial charge in [0.2, 0.25) is 5.95 Å². The third kappa shape index (κ3) is 3.69. The number of benzene rings is 1. The van der Waals surface area contributed by atoms with Gasteiger partial charge in [-0.3, -0.25) is 14.6 Å². The summed E-state index contributed by atoms with van der Waals surface area (Å²) in [5, 5.41) is 10.9. The van der Waals surface area contributed by atoms with Crippen LogP contribution in [-0.4, -0.2) is 43.2 Å². The number of fused-ring (bicyclic) bond motifs is 1. The maximum atomic E-state index is 12.2. The summed E-state index contributed by atoms with van der Waals surface area (Å²) in [6, 6.07) is 6.73. The van der Waals surface area contributed by atoms with Gasteiger partial charge in [-0.1, -0.05) is 12.1 Å². The molecule has 1 unspecified atom stereocenters. The van der Waals surface area contributed by atoms with Gasteiger partial charge in [0, 0.05) is 19.0 Å². The van der Waals surface area contributed by atoms with Crippen LogP contribution in [0, 0.1) is 0 Å². The first-order valence-corrected chi connectivity index (χ1v) is 9.09. The number of nitrogens with two attached hydrogens (primary N) is 1. The number of hydrogen-bond donors (Lipinski definition) is 4. The molecule has 0 saturated carbocycles. The summed E-state index contributed by atoms with van der Waals surface area (Å²) in [6.07, 6.45) is 2.24. The second-order valence-electron chi connectivity index (χ2n) is 6.80. The van der Waals surface area contributed by atoms with E-state index < -0.39 is 18.1 Å². The molecule has 3 heterocycles. The minimum atomic E-state index is -1.10. The molecule has 150 valence electrons. The number of nitrogen functional groups attached to an aromatic ring is 1. The smallest absolute Gasteiger partial charge is 0.363 e. The normalized spacial score (nSPS) is 16.5. The molecule has 2 aromatic heterocycles. The number of aromatic nitrogens is 3. The summed E-state index contributed by atoms with van der Waals surface area (Å²) >= 11 is 0. The SMILES string of the molecule is Nc1nc2[nH]cc(CCc3ccc(C(=O)ON4C(=O)CCC4O)cc3)c2c(=O)[nH]1. The summed E-state index contributed by atoms with van der Waals surface area (Å²) < 4.78 is 0. The highest BCUT2D eigenvalue weighted by molar-refractivity contribution is 5.90. The van der Waals surface area contributed by atoms with Gasteiger partial charge < -0.3 is 20.7 Å². The van der Waals surface area contributed by atoms with Crippen molar-refractivity contribution in [2.75, 3.05) is 5.73 Å². The topological polar surface area (TPSA) is 154 Å². The number of aliphatic hydroxyl groups excluding tert-OH is 1. The van der Waals surface area contributed by atoms with Crippen LogP contribution in [0.25, 0.3) is 11.0 Å². The number of rotatable bonds is 5. The summed E-state index contributed by atoms with van der Waals surface area (Å²) in [6.45, 7) is 0.